The first-order valence-electron chi connectivity index (χ1n) is 6.17. The fourth-order valence-electron chi connectivity index (χ4n) is 1.51. The van der Waals surface area contributed by atoms with Gasteiger partial charge in [-0.3, -0.25) is 0 Å². The topological polar surface area (TPSA) is 64.6 Å². The molecular formula is C14H14F3NO4S. The normalized spacial score (nSPS) is 11.8. The smallest absolute Gasteiger partial charge is 0.446 e. The van der Waals surface area contributed by atoms with Crippen LogP contribution in [-0.2, 0) is 19.1 Å². The Hall–Kier alpha value is -2.16. The van der Waals surface area contributed by atoms with Gasteiger partial charge in [-0.25, -0.2) is 9.59 Å². The summed E-state index contributed by atoms with van der Waals surface area (Å²) in [4.78, 5) is 22.9. The summed E-state index contributed by atoms with van der Waals surface area (Å²) in [6, 6.07) is 3.99. The van der Waals surface area contributed by atoms with Crippen molar-refractivity contribution in [2.24, 2.45) is 0 Å². The van der Waals surface area contributed by atoms with Gasteiger partial charge in [0, 0.05) is 10.6 Å². The Balaban J connectivity index is 3.13. The average molecular weight is 349 g/mol. The fraction of sp³-hybridized carbons (Fsp3) is 0.286. The zero-order chi connectivity index (χ0) is 17.6. The van der Waals surface area contributed by atoms with Crippen LogP contribution in [0.1, 0.15) is 5.56 Å². The molecule has 0 aliphatic rings. The molecule has 0 radical (unpaired) electrons. The number of hydrogen-bond acceptors (Lipinski definition) is 6. The van der Waals surface area contributed by atoms with Crippen molar-refractivity contribution in [2.75, 3.05) is 19.5 Å². The summed E-state index contributed by atoms with van der Waals surface area (Å²) >= 11 is -0.284. The number of hydrogen-bond donors (Lipinski definition) is 1. The molecule has 0 saturated heterocycles. The summed E-state index contributed by atoms with van der Waals surface area (Å²) in [7, 11) is 2.23. The number of halogens is 3. The fourth-order valence-corrected chi connectivity index (χ4v) is 2.09. The lowest BCUT2D eigenvalue weighted by molar-refractivity contribution is -0.138. The number of nitrogens with one attached hydrogen (secondary N) is 1. The molecule has 1 aromatic rings. The van der Waals surface area contributed by atoms with Crippen molar-refractivity contribution in [3.05, 3.63) is 35.5 Å². The third kappa shape index (κ3) is 6.23. The van der Waals surface area contributed by atoms with Gasteiger partial charge in [0.15, 0.2) is 0 Å². The standard InChI is InChI=1S/C14H14F3NO4S/c1-8-4-5-9(23-14(15,16)17)6-10(8)18-11(13(20)22-3)7-12(19)21-2/h4-7,18H,1-3H3/b11-7+. The van der Waals surface area contributed by atoms with Crippen LogP contribution in [0.15, 0.2) is 34.9 Å². The Morgan fingerprint density at radius 2 is 1.87 bits per heavy atom. The van der Waals surface area contributed by atoms with Crippen molar-refractivity contribution >= 4 is 29.4 Å². The highest BCUT2D eigenvalue weighted by atomic mass is 32.2. The van der Waals surface area contributed by atoms with Gasteiger partial charge in [0.05, 0.1) is 20.3 Å². The number of carbonyl (C=O) groups excluding carboxylic acids is 2. The molecule has 5 nitrogen and oxygen atoms in total. The molecule has 126 valence electrons. The maximum Gasteiger partial charge on any atom is 0.446 e. The van der Waals surface area contributed by atoms with Crippen molar-refractivity contribution < 1.29 is 32.2 Å². The Labute approximate surface area is 134 Å². The minimum atomic E-state index is -4.43. The highest BCUT2D eigenvalue weighted by Crippen LogP contribution is 2.38. The molecule has 0 spiro atoms. The van der Waals surface area contributed by atoms with Gasteiger partial charge < -0.3 is 14.8 Å². The molecule has 0 unspecified atom stereocenters. The first-order chi connectivity index (χ1) is 10.7. The van der Waals surface area contributed by atoms with Crippen LogP contribution in [0, 0.1) is 6.92 Å². The molecule has 0 heterocycles. The van der Waals surface area contributed by atoms with Crippen molar-refractivity contribution in [2.45, 2.75) is 17.3 Å². The summed E-state index contributed by atoms with van der Waals surface area (Å²) < 4.78 is 46.2. The van der Waals surface area contributed by atoms with Gasteiger partial charge in [-0.05, 0) is 36.4 Å². The number of aryl methyl sites for hydroxylation is 1. The Morgan fingerprint density at radius 1 is 1.22 bits per heavy atom. The summed E-state index contributed by atoms with van der Waals surface area (Å²) in [5.74, 6) is -1.67. The van der Waals surface area contributed by atoms with Crippen molar-refractivity contribution in [3.63, 3.8) is 0 Å². The van der Waals surface area contributed by atoms with Crippen LogP contribution < -0.4 is 5.32 Å². The molecule has 0 saturated carbocycles. The van der Waals surface area contributed by atoms with E-state index in [0.717, 1.165) is 20.3 Å². The Morgan fingerprint density at radius 3 is 2.39 bits per heavy atom. The number of rotatable bonds is 5. The van der Waals surface area contributed by atoms with E-state index < -0.39 is 17.4 Å². The lowest BCUT2D eigenvalue weighted by Gasteiger charge is -2.13. The van der Waals surface area contributed by atoms with Gasteiger partial charge in [0.25, 0.3) is 0 Å². The van der Waals surface area contributed by atoms with Gasteiger partial charge >= 0.3 is 17.4 Å². The van der Waals surface area contributed by atoms with Crippen molar-refractivity contribution in [1.82, 2.24) is 0 Å². The summed E-state index contributed by atoms with van der Waals surface area (Å²) in [6.45, 7) is 1.64. The van der Waals surface area contributed by atoms with E-state index in [4.69, 9.17) is 0 Å². The number of esters is 2. The van der Waals surface area contributed by atoms with Gasteiger partial charge in [-0.2, -0.15) is 13.2 Å². The number of methoxy groups -OCH3 is 2. The summed E-state index contributed by atoms with van der Waals surface area (Å²) in [6.07, 6.45) is 0.856. The number of anilines is 1. The van der Waals surface area contributed by atoms with Crippen LogP contribution in [0.25, 0.3) is 0 Å². The second kappa shape index (κ2) is 7.91. The van der Waals surface area contributed by atoms with Crippen LogP contribution in [0.3, 0.4) is 0 Å². The molecule has 0 atom stereocenters. The maximum atomic E-state index is 12.4. The molecular weight excluding hydrogens is 335 g/mol. The molecule has 23 heavy (non-hydrogen) atoms. The molecule has 0 fully saturated rings. The molecule has 0 aliphatic heterocycles. The van der Waals surface area contributed by atoms with Crippen LogP contribution in [0.4, 0.5) is 18.9 Å². The summed E-state index contributed by atoms with van der Waals surface area (Å²) in [5, 5.41) is 2.59. The van der Waals surface area contributed by atoms with Crippen LogP contribution >= 0.6 is 11.8 Å². The van der Waals surface area contributed by atoms with Gasteiger partial charge in [0.1, 0.15) is 5.70 Å². The number of thioether (sulfide) groups is 1. The highest BCUT2D eigenvalue weighted by molar-refractivity contribution is 8.00. The minimum absolute atomic E-state index is 0.0621. The molecule has 0 amide bonds. The third-order valence-corrected chi connectivity index (χ3v) is 3.30. The lowest BCUT2D eigenvalue weighted by atomic mass is 10.2. The molecule has 1 rings (SSSR count). The van der Waals surface area contributed by atoms with Gasteiger partial charge in [0.2, 0.25) is 0 Å². The van der Waals surface area contributed by atoms with Gasteiger partial charge in [-0.15, -0.1) is 0 Å². The van der Waals surface area contributed by atoms with E-state index in [1.165, 1.54) is 18.2 Å². The van der Waals surface area contributed by atoms with Crippen molar-refractivity contribution in [1.29, 1.82) is 0 Å². The molecule has 1 N–H and O–H groups in total. The van der Waals surface area contributed by atoms with E-state index in [9.17, 15) is 22.8 Å². The number of benzene rings is 1. The average Bonchev–Trinajstić information content (AvgIpc) is 2.47. The van der Waals surface area contributed by atoms with E-state index in [2.05, 4.69) is 14.8 Å². The van der Waals surface area contributed by atoms with E-state index in [1.54, 1.807) is 6.92 Å². The van der Waals surface area contributed by atoms with E-state index in [1.807, 2.05) is 0 Å². The monoisotopic (exact) mass is 349 g/mol. The summed E-state index contributed by atoms with van der Waals surface area (Å²) in [5.41, 5.74) is -3.87. The van der Waals surface area contributed by atoms with Gasteiger partial charge in [-0.1, -0.05) is 6.07 Å². The minimum Gasteiger partial charge on any atom is -0.466 e. The van der Waals surface area contributed by atoms with E-state index in [-0.39, 0.29) is 28.0 Å². The maximum absolute atomic E-state index is 12.4. The molecule has 9 heteroatoms. The predicted molar refractivity (Wildman–Crippen MR) is 78.8 cm³/mol. The number of alkyl halides is 3. The quantitative estimate of drug-likeness (QED) is 0.500. The second-order valence-corrected chi connectivity index (χ2v) is 5.36. The first-order valence-corrected chi connectivity index (χ1v) is 6.99. The second-order valence-electron chi connectivity index (χ2n) is 4.22. The zero-order valence-electron chi connectivity index (χ0n) is 12.5. The molecule has 1 aromatic carbocycles. The first kappa shape index (κ1) is 18.9. The Bertz CT molecular complexity index is 629. The number of carbonyl (C=O) groups is 2. The largest absolute Gasteiger partial charge is 0.466 e. The molecule has 0 aromatic heterocycles. The van der Waals surface area contributed by atoms with E-state index >= 15 is 0 Å². The van der Waals surface area contributed by atoms with E-state index in [0.29, 0.717) is 5.56 Å². The van der Waals surface area contributed by atoms with Crippen LogP contribution in [-0.4, -0.2) is 31.7 Å². The lowest BCUT2D eigenvalue weighted by Crippen LogP contribution is -2.16. The van der Waals surface area contributed by atoms with Crippen molar-refractivity contribution in [3.8, 4) is 0 Å². The highest BCUT2D eigenvalue weighted by Gasteiger charge is 2.29. The van der Waals surface area contributed by atoms with Crippen LogP contribution in [0.2, 0.25) is 0 Å². The SMILES string of the molecule is COC(=O)/C=C(/Nc1cc(SC(F)(F)F)ccc1C)C(=O)OC. The zero-order valence-corrected chi connectivity index (χ0v) is 13.3. The Kier molecular flexibility index (Phi) is 6.49. The predicted octanol–water partition coefficient (Wildman–Crippen LogP) is 3.25. The number of ether oxygens (including phenoxy) is 2. The third-order valence-electron chi connectivity index (χ3n) is 2.58. The van der Waals surface area contributed by atoms with Crippen LogP contribution in [0.5, 0.6) is 0 Å². The molecule has 0 bridgehead atoms. The molecule has 0 aliphatic carbocycles.